The lowest BCUT2D eigenvalue weighted by atomic mass is 9.87. The van der Waals surface area contributed by atoms with Gasteiger partial charge in [-0.05, 0) is 50.7 Å². The molecule has 1 N–H and O–H groups in total. The fraction of sp³-hybridized carbons (Fsp3) is 0.500. The molecule has 1 aromatic carbocycles. The fourth-order valence-electron chi connectivity index (χ4n) is 2.72. The van der Waals surface area contributed by atoms with Gasteiger partial charge in [-0.3, -0.25) is 4.79 Å². The second kappa shape index (κ2) is 7.87. The summed E-state index contributed by atoms with van der Waals surface area (Å²) < 4.78 is 5.55. The van der Waals surface area contributed by atoms with Gasteiger partial charge < -0.3 is 10.1 Å². The summed E-state index contributed by atoms with van der Waals surface area (Å²) in [6, 6.07) is 8.09. The van der Waals surface area contributed by atoms with Crippen molar-refractivity contribution in [3.63, 3.8) is 0 Å². The first kappa shape index (κ1) is 15.6. The smallest absolute Gasteiger partial charge is 0.244 e. The van der Waals surface area contributed by atoms with E-state index in [-0.39, 0.29) is 5.91 Å². The third kappa shape index (κ3) is 4.92. The van der Waals surface area contributed by atoms with E-state index in [4.69, 9.17) is 4.74 Å². The second-order valence-corrected chi connectivity index (χ2v) is 5.77. The molecule has 3 heteroatoms. The molecule has 0 unspecified atom stereocenters. The zero-order valence-corrected chi connectivity index (χ0v) is 13.0. The maximum absolute atomic E-state index is 12.0. The van der Waals surface area contributed by atoms with Crippen molar-refractivity contribution in [1.82, 2.24) is 5.32 Å². The maximum Gasteiger partial charge on any atom is 0.244 e. The summed E-state index contributed by atoms with van der Waals surface area (Å²) in [6.45, 7) is 4.86. The van der Waals surface area contributed by atoms with Crippen LogP contribution < -0.4 is 10.1 Å². The zero-order valence-electron chi connectivity index (χ0n) is 13.0. The van der Waals surface area contributed by atoms with Gasteiger partial charge in [0.15, 0.2) is 0 Å². The minimum atomic E-state index is -0.0131. The predicted octanol–water partition coefficient (Wildman–Crippen LogP) is 3.79. The Morgan fingerprint density at radius 2 is 2.00 bits per heavy atom. The lowest BCUT2D eigenvalue weighted by Crippen LogP contribution is -2.36. The van der Waals surface area contributed by atoms with Crippen LogP contribution in [0.25, 0.3) is 6.08 Å². The number of carbonyl (C=O) groups is 1. The zero-order chi connectivity index (χ0) is 15.1. The third-order valence-corrected chi connectivity index (χ3v) is 4.00. The molecule has 1 aliphatic rings. The van der Waals surface area contributed by atoms with Gasteiger partial charge in [-0.15, -0.1) is 0 Å². The number of hydrogen-bond acceptors (Lipinski definition) is 2. The van der Waals surface area contributed by atoms with E-state index in [0.29, 0.717) is 12.6 Å². The molecule has 2 rings (SSSR count). The van der Waals surface area contributed by atoms with Gasteiger partial charge in [-0.2, -0.15) is 0 Å². The molecule has 0 atom stereocenters. The molecule has 0 bridgehead atoms. The molecular weight excluding hydrogens is 262 g/mol. The highest BCUT2D eigenvalue weighted by Gasteiger charge is 2.18. The fourth-order valence-corrected chi connectivity index (χ4v) is 2.72. The number of para-hydroxylation sites is 1. The number of carbonyl (C=O) groups excluding carboxylic acids is 1. The minimum absolute atomic E-state index is 0.0131. The Balaban J connectivity index is 1.90. The number of ether oxygens (including phenoxy) is 1. The van der Waals surface area contributed by atoms with E-state index < -0.39 is 0 Å². The number of rotatable bonds is 5. The Hall–Kier alpha value is -1.77. The molecule has 0 heterocycles. The molecule has 0 spiro atoms. The van der Waals surface area contributed by atoms with Gasteiger partial charge in [-0.1, -0.05) is 25.1 Å². The molecule has 0 saturated heterocycles. The van der Waals surface area contributed by atoms with Gasteiger partial charge in [-0.25, -0.2) is 0 Å². The van der Waals surface area contributed by atoms with Crippen LogP contribution in [0.5, 0.6) is 5.75 Å². The van der Waals surface area contributed by atoms with Crippen molar-refractivity contribution in [3.8, 4) is 5.75 Å². The molecule has 3 nitrogen and oxygen atoms in total. The molecular formula is C18H25NO2. The summed E-state index contributed by atoms with van der Waals surface area (Å²) in [5.41, 5.74) is 0.937. The molecule has 1 amide bonds. The van der Waals surface area contributed by atoms with E-state index >= 15 is 0 Å². The summed E-state index contributed by atoms with van der Waals surface area (Å²) in [5, 5.41) is 3.09. The molecule has 0 radical (unpaired) electrons. The van der Waals surface area contributed by atoms with E-state index in [1.165, 1.54) is 12.8 Å². The second-order valence-electron chi connectivity index (χ2n) is 5.77. The normalized spacial score (nSPS) is 22.2. The first-order chi connectivity index (χ1) is 10.2. The SMILES string of the molecule is CCOc1ccccc1/C=C/C(=O)NC1CCC(C)CC1. The third-order valence-electron chi connectivity index (χ3n) is 4.00. The van der Waals surface area contributed by atoms with Gasteiger partial charge >= 0.3 is 0 Å². The first-order valence-electron chi connectivity index (χ1n) is 7.89. The summed E-state index contributed by atoms with van der Waals surface area (Å²) in [6.07, 6.45) is 8.04. The van der Waals surface area contributed by atoms with Gasteiger partial charge in [0.25, 0.3) is 0 Å². The molecule has 114 valence electrons. The summed E-state index contributed by atoms with van der Waals surface area (Å²) >= 11 is 0. The molecule has 1 fully saturated rings. The van der Waals surface area contributed by atoms with E-state index in [0.717, 1.165) is 30.1 Å². The Morgan fingerprint density at radius 3 is 2.71 bits per heavy atom. The Bertz CT molecular complexity index is 488. The van der Waals surface area contributed by atoms with Crippen molar-refractivity contribution in [2.24, 2.45) is 5.92 Å². The average molecular weight is 287 g/mol. The topological polar surface area (TPSA) is 38.3 Å². The Labute approximate surface area is 127 Å². The summed E-state index contributed by atoms with van der Waals surface area (Å²) in [7, 11) is 0. The molecule has 21 heavy (non-hydrogen) atoms. The van der Waals surface area contributed by atoms with E-state index in [9.17, 15) is 4.79 Å². The van der Waals surface area contributed by atoms with Crippen LogP contribution in [0, 0.1) is 5.92 Å². The van der Waals surface area contributed by atoms with Crippen LogP contribution in [0.1, 0.15) is 45.1 Å². The average Bonchev–Trinajstić information content (AvgIpc) is 2.49. The van der Waals surface area contributed by atoms with Crippen molar-refractivity contribution in [1.29, 1.82) is 0 Å². The van der Waals surface area contributed by atoms with Gasteiger partial charge in [0.1, 0.15) is 5.75 Å². The number of nitrogens with one attached hydrogen (secondary N) is 1. The monoisotopic (exact) mass is 287 g/mol. The van der Waals surface area contributed by atoms with Crippen LogP contribution in [0.15, 0.2) is 30.3 Å². The molecule has 1 aliphatic carbocycles. The van der Waals surface area contributed by atoms with Gasteiger partial charge in [0, 0.05) is 17.7 Å². The van der Waals surface area contributed by atoms with E-state index in [2.05, 4.69) is 12.2 Å². The summed E-state index contributed by atoms with van der Waals surface area (Å²) in [4.78, 5) is 12.0. The van der Waals surface area contributed by atoms with Crippen LogP contribution >= 0.6 is 0 Å². The Kier molecular flexibility index (Phi) is 5.85. The highest BCUT2D eigenvalue weighted by molar-refractivity contribution is 5.92. The molecule has 1 saturated carbocycles. The maximum atomic E-state index is 12.0. The van der Waals surface area contributed by atoms with Crippen molar-refractivity contribution >= 4 is 12.0 Å². The van der Waals surface area contributed by atoms with Gasteiger partial charge in [0.2, 0.25) is 5.91 Å². The lowest BCUT2D eigenvalue weighted by Gasteiger charge is -2.26. The van der Waals surface area contributed by atoms with Gasteiger partial charge in [0.05, 0.1) is 6.61 Å². The molecule has 1 aromatic rings. The Morgan fingerprint density at radius 1 is 1.29 bits per heavy atom. The highest BCUT2D eigenvalue weighted by atomic mass is 16.5. The quantitative estimate of drug-likeness (QED) is 0.837. The van der Waals surface area contributed by atoms with Crippen LogP contribution in [0.3, 0.4) is 0 Å². The largest absolute Gasteiger partial charge is 0.493 e. The number of amides is 1. The summed E-state index contributed by atoms with van der Waals surface area (Å²) in [5.74, 6) is 1.60. The van der Waals surface area contributed by atoms with Crippen molar-refractivity contribution < 1.29 is 9.53 Å². The first-order valence-corrected chi connectivity index (χ1v) is 7.89. The van der Waals surface area contributed by atoms with Crippen LogP contribution in [0.2, 0.25) is 0 Å². The van der Waals surface area contributed by atoms with Crippen molar-refractivity contribution in [2.75, 3.05) is 6.61 Å². The number of benzene rings is 1. The predicted molar refractivity (Wildman–Crippen MR) is 86.2 cm³/mol. The minimum Gasteiger partial charge on any atom is -0.493 e. The van der Waals surface area contributed by atoms with E-state index in [1.54, 1.807) is 6.08 Å². The van der Waals surface area contributed by atoms with Crippen molar-refractivity contribution in [3.05, 3.63) is 35.9 Å². The molecule has 0 aromatic heterocycles. The van der Waals surface area contributed by atoms with Crippen LogP contribution in [-0.2, 0) is 4.79 Å². The van der Waals surface area contributed by atoms with Crippen molar-refractivity contribution in [2.45, 2.75) is 45.6 Å². The standard InChI is InChI=1S/C18H25NO2/c1-3-21-17-7-5-4-6-15(17)10-13-18(20)19-16-11-8-14(2)9-12-16/h4-7,10,13-14,16H,3,8-9,11-12H2,1-2H3,(H,19,20)/b13-10+. The van der Waals surface area contributed by atoms with E-state index in [1.807, 2.05) is 37.3 Å². The highest BCUT2D eigenvalue weighted by Crippen LogP contribution is 2.23. The van der Waals surface area contributed by atoms with Crippen LogP contribution in [0.4, 0.5) is 0 Å². The number of hydrogen-bond donors (Lipinski definition) is 1. The lowest BCUT2D eigenvalue weighted by molar-refractivity contribution is -0.117. The molecule has 0 aliphatic heterocycles. The van der Waals surface area contributed by atoms with Crippen LogP contribution in [-0.4, -0.2) is 18.6 Å².